The van der Waals surface area contributed by atoms with Crippen LogP contribution in [0.3, 0.4) is 0 Å². The van der Waals surface area contributed by atoms with Gasteiger partial charge < -0.3 is 14.6 Å². The number of carboxylic acid groups (broad SMARTS) is 1. The third-order valence-corrected chi connectivity index (χ3v) is 2.52. The van der Waals surface area contributed by atoms with Crippen LogP contribution in [0, 0.1) is 10.1 Å². The normalized spacial score (nSPS) is 9.95. The summed E-state index contributed by atoms with van der Waals surface area (Å²) >= 11 is 0. The number of carbonyl (C=O) groups is 1. The van der Waals surface area contributed by atoms with Crippen LogP contribution in [-0.4, -0.2) is 28.1 Å². The van der Waals surface area contributed by atoms with Crippen LogP contribution in [0.1, 0.15) is 10.4 Å². The first-order chi connectivity index (χ1) is 10.0. The molecule has 1 aromatic carbocycles. The van der Waals surface area contributed by atoms with Gasteiger partial charge in [0.25, 0.3) is 5.69 Å². The van der Waals surface area contributed by atoms with E-state index in [1.54, 1.807) is 18.2 Å². The summed E-state index contributed by atoms with van der Waals surface area (Å²) in [5, 5.41) is 19.7. The fourth-order valence-electron chi connectivity index (χ4n) is 1.60. The molecule has 0 atom stereocenters. The van der Waals surface area contributed by atoms with Crippen molar-refractivity contribution in [2.24, 2.45) is 0 Å². The Balaban J connectivity index is 2.34. The fourth-order valence-corrected chi connectivity index (χ4v) is 1.60. The van der Waals surface area contributed by atoms with Gasteiger partial charge in [-0.15, -0.1) is 0 Å². The van der Waals surface area contributed by atoms with Crippen LogP contribution >= 0.6 is 0 Å². The van der Waals surface area contributed by atoms with E-state index < -0.39 is 22.1 Å². The van der Waals surface area contributed by atoms with Gasteiger partial charge >= 0.3 is 5.97 Å². The minimum atomic E-state index is -1.41. The van der Waals surface area contributed by atoms with E-state index in [2.05, 4.69) is 4.98 Å². The van der Waals surface area contributed by atoms with E-state index in [4.69, 9.17) is 14.6 Å². The number of ether oxygens (including phenoxy) is 2. The van der Waals surface area contributed by atoms with Crippen molar-refractivity contribution in [3.05, 3.63) is 52.1 Å². The van der Waals surface area contributed by atoms with Crippen molar-refractivity contribution in [2.75, 3.05) is 7.11 Å². The van der Waals surface area contributed by atoms with Crippen molar-refractivity contribution in [3.63, 3.8) is 0 Å². The number of methoxy groups -OCH3 is 1. The molecule has 1 N–H and O–H groups in total. The molecule has 1 aromatic heterocycles. The molecule has 0 aliphatic carbocycles. The Morgan fingerprint density at radius 1 is 1.29 bits per heavy atom. The van der Waals surface area contributed by atoms with Crippen molar-refractivity contribution in [1.29, 1.82) is 0 Å². The van der Waals surface area contributed by atoms with Gasteiger partial charge in [0.15, 0.2) is 0 Å². The summed E-state index contributed by atoms with van der Waals surface area (Å²) in [4.78, 5) is 25.0. The third-order valence-electron chi connectivity index (χ3n) is 2.52. The average Bonchev–Trinajstić information content (AvgIpc) is 2.47. The number of nitrogens with zero attached hydrogens (tertiary/aromatic N) is 2. The Hall–Kier alpha value is -3.16. The minimum absolute atomic E-state index is 0.124. The summed E-state index contributed by atoms with van der Waals surface area (Å²) in [6, 6.07) is 8.24. The van der Waals surface area contributed by atoms with Crippen LogP contribution in [0.25, 0.3) is 0 Å². The summed E-state index contributed by atoms with van der Waals surface area (Å²) in [7, 11) is 1.44. The number of hydrogen-bond donors (Lipinski definition) is 1. The van der Waals surface area contributed by atoms with Crippen molar-refractivity contribution in [3.8, 4) is 17.5 Å². The first-order valence-electron chi connectivity index (χ1n) is 5.72. The van der Waals surface area contributed by atoms with E-state index in [9.17, 15) is 14.9 Å². The smallest absolute Gasteiger partial charge is 0.342 e. The van der Waals surface area contributed by atoms with Crippen LogP contribution in [0.2, 0.25) is 0 Å². The van der Waals surface area contributed by atoms with Gasteiger partial charge in [0.1, 0.15) is 11.3 Å². The lowest BCUT2D eigenvalue weighted by Gasteiger charge is -2.07. The average molecular weight is 290 g/mol. The number of rotatable bonds is 5. The first kappa shape index (κ1) is 14.3. The molecule has 0 unspecified atom stereocenters. The zero-order valence-corrected chi connectivity index (χ0v) is 10.8. The summed E-state index contributed by atoms with van der Waals surface area (Å²) in [6.45, 7) is 0. The monoisotopic (exact) mass is 290 g/mol. The van der Waals surface area contributed by atoms with E-state index in [0.29, 0.717) is 5.88 Å². The van der Waals surface area contributed by atoms with E-state index >= 15 is 0 Å². The third kappa shape index (κ3) is 3.24. The molecule has 2 rings (SSSR count). The van der Waals surface area contributed by atoms with Crippen molar-refractivity contribution in [1.82, 2.24) is 4.98 Å². The number of benzene rings is 1. The number of hydrogen-bond acceptors (Lipinski definition) is 6. The van der Waals surface area contributed by atoms with Crippen molar-refractivity contribution in [2.45, 2.75) is 0 Å². The number of nitro benzene ring substituents is 1. The Morgan fingerprint density at radius 3 is 2.62 bits per heavy atom. The van der Waals surface area contributed by atoms with Crippen LogP contribution < -0.4 is 9.47 Å². The molecule has 1 heterocycles. The molecule has 0 amide bonds. The highest BCUT2D eigenvalue weighted by atomic mass is 16.6. The van der Waals surface area contributed by atoms with Gasteiger partial charge in [-0.05, 0) is 6.07 Å². The lowest BCUT2D eigenvalue weighted by atomic mass is 10.1. The van der Waals surface area contributed by atoms with Crippen LogP contribution in [0.4, 0.5) is 5.69 Å². The quantitative estimate of drug-likeness (QED) is 0.664. The van der Waals surface area contributed by atoms with Crippen LogP contribution in [-0.2, 0) is 0 Å². The molecule has 0 spiro atoms. The minimum Gasteiger partial charge on any atom is -0.481 e. The maximum Gasteiger partial charge on any atom is 0.342 e. The Labute approximate surface area is 118 Å². The Morgan fingerprint density at radius 2 is 2.00 bits per heavy atom. The standard InChI is InChI=1S/C13H10N2O6/c1-20-11-3-2-4-12(14-11)21-8-5-6-10(15(18)19)9(7-8)13(16)17/h2-7H,1H3,(H,16,17). The summed E-state index contributed by atoms with van der Waals surface area (Å²) in [6.07, 6.45) is 0. The predicted octanol–water partition coefficient (Wildman–Crippen LogP) is 2.49. The molecule has 21 heavy (non-hydrogen) atoms. The van der Waals surface area contributed by atoms with Gasteiger partial charge in [-0.25, -0.2) is 4.79 Å². The Bertz CT molecular complexity index is 701. The number of pyridine rings is 1. The lowest BCUT2D eigenvalue weighted by Crippen LogP contribution is -2.03. The number of carboxylic acids is 1. The molecule has 8 nitrogen and oxygen atoms in total. The SMILES string of the molecule is COc1cccc(Oc2ccc([N+](=O)[O-])c(C(=O)O)c2)n1. The predicted molar refractivity (Wildman–Crippen MR) is 70.9 cm³/mol. The van der Waals surface area contributed by atoms with Gasteiger partial charge in [-0.3, -0.25) is 10.1 Å². The molecule has 8 heteroatoms. The molecule has 0 saturated carbocycles. The van der Waals surface area contributed by atoms with Crippen LogP contribution in [0.5, 0.6) is 17.5 Å². The van der Waals surface area contributed by atoms with Crippen molar-refractivity contribution < 1.29 is 24.3 Å². The zero-order chi connectivity index (χ0) is 15.4. The zero-order valence-electron chi connectivity index (χ0n) is 10.8. The second kappa shape index (κ2) is 5.87. The molecule has 2 aromatic rings. The Kier molecular flexibility index (Phi) is 3.98. The van der Waals surface area contributed by atoms with Crippen molar-refractivity contribution >= 4 is 11.7 Å². The largest absolute Gasteiger partial charge is 0.481 e. The lowest BCUT2D eigenvalue weighted by molar-refractivity contribution is -0.385. The van der Waals surface area contributed by atoms with Gasteiger partial charge in [-0.2, -0.15) is 4.98 Å². The summed E-state index contributed by atoms with van der Waals surface area (Å²) in [5.74, 6) is -0.781. The number of nitro groups is 1. The maximum absolute atomic E-state index is 11.0. The highest BCUT2D eigenvalue weighted by Crippen LogP contribution is 2.27. The van der Waals surface area contributed by atoms with Gasteiger partial charge in [0.2, 0.25) is 11.8 Å². The molecule has 0 bridgehead atoms. The second-order valence-electron chi connectivity index (χ2n) is 3.86. The molecule has 0 radical (unpaired) electrons. The molecule has 0 aliphatic heterocycles. The van der Waals surface area contributed by atoms with Gasteiger partial charge in [-0.1, -0.05) is 6.07 Å². The molecule has 0 saturated heterocycles. The highest BCUT2D eigenvalue weighted by Gasteiger charge is 2.20. The number of aromatic nitrogens is 1. The molecular weight excluding hydrogens is 280 g/mol. The first-order valence-corrected chi connectivity index (χ1v) is 5.72. The van der Waals surface area contributed by atoms with E-state index in [0.717, 1.165) is 12.1 Å². The van der Waals surface area contributed by atoms with Gasteiger partial charge in [0, 0.05) is 24.3 Å². The molecule has 108 valence electrons. The highest BCUT2D eigenvalue weighted by molar-refractivity contribution is 5.92. The molecule has 0 aliphatic rings. The fraction of sp³-hybridized carbons (Fsp3) is 0.0769. The number of aromatic carboxylic acids is 1. The summed E-state index contributed by atoms with van der Waals surface area (Å²) < 4.78 is 10.3. The van der Waals surface area contributed by atoms with E-state index in [1.807, 2.05) is 0 Å². The van der Waals surface area contributed by atoms with E-state index in [-0.39, 0.29) is 11.6 Å². The topological polar surface area (TPSA) is 112 Å². The van der Waals surface area contributed by atoms with Gasteiger partial charge in [0.05, 0.1) is 12.0 Å². The summed E-state index contributed by atoms with van der Waals surface area (Å²) in [5.41, 5.74) is -0.964. The van der Waals surface area contributed by atoms with Crippen LogP contribution in [0.15, 0.2) is 36.4 Å². The molecule has 0 fully saturated rings. The maximum atomic E-state index is 11.0. The molecular formula is C13H10N2O6. The second-order valence-corrected chi connectivity index (χ2v) is 3.86. The van der Waals surface area contributed by atoms with E-state index in [1.165, 1.54) is 13.2 Å².